The molecule has 0 bridgehead atoms. The van der Waals surface area contributed by atoms with Crippen molar-refractivity contribution >= 4 is 11.8 Å². The van der Waals surface area contributed by atoms with E-state index in [1.807, 2.05) is 36.4 Å². The number of anilines is 2. The zero-order chi connectivity index (χ0) is 19.2. The second kappa shape index (κ2) is 8.43. The lowest BCUT2D eigenvalue weighted by molar-refractivity contribution is 0.174. The molecule has 0 saturated heterocycles. The van der Waals surface area contributed by atoms with Gasteiger partial charge in [0, 0.05) is 13.1 Å². The Morgan fingerprint density at radius 3 is 2.89 bits per heavy atom. The van der Waals surface area contributed by atoms with Gasteiger partial charge in [0.15, 0.2) is 17.3 Å². The predicted octanol–water partition coefficient (Wildman–Crippen LogP) is 2.88. The lowest BCUT2D eigenvalue weighted by atomic mass is 10.1. The molecule has 8 nitrogen and oxygen atoms in total. The lowest BCUT2D eigenvalue weighted by Crippen LogP contribution is -2.10. The van der Waals surface area contributed by atoms with Gasteiger partial charge in [0.25, 0.3) is 0 Å². The highest BCUT2D eigenvalue weighted by Crippen LogP contribution is 2.32. The fraction of sp³-hybridized carbons (Fsp3) is 0.250. The Morgan fingerprint density at radius 1 is 1.04 bits per heavy atom. The summed E-state index contributed by atoms with van der Waals surface area (Å²) in [6.45, 7) is 1.56. The molecule has 4 rings (SSSR count). The molecule has 0 fully saturated rings. The first-order chi connectivity index (χ1) is 13.8. The monoisotopic (exact) mass is 379 g/mol. The zero-order valence-corrected chi connectivity index (χ0v) is 15.5. The third-order valence-electron chi connectivity index (χ3n) is 4.30. The smallest absolute Gasteiger partial charge is 0.244 e. The number of ether oxygens (including phenoxy) is 3. The van der Waals surface area contributed by atoms with Gasteiger partial charge in [-0.3, -0.25) is 0 Å². The Bertz CT molecular complexity index is 951. The molecule has 0 radical (unpaired) electrons. The molecule has 0 aliphatic carbocycles. The number of hydrogen-bond acceptors (Lipinski definition) is 8. The summed E-state index contributed by atoms with van der Waals surface area (Å²) in [4.78, 5) is 4.45. The minimum Gasteiger partial charge on any atom is -0.497 e. The summed E-state index contributed by atoms with van der Waals surface area (Å²) in [6.07, 6.45) is 2.43. The number of benzene rings is 2. The van der Waals surface area contributed by atoms with Crippen LogP contribution >= 0.6 is 0 Å². The molecular weight excluding hydrogens is 358 g/mol. The van der Waals surface area contributed by atoms with Gasteiger partial charge >= 0.3 is 0 Å². The standard InChI is InChI=1S/C20H21N5O3/c1-26-16-4-2-3-14(9-16)7-8-21-20-24-19(12-23-25-20)22-11-15-5-6-17-18(10-15)28-13-27-17/h2-6,9-10,12H,7-8,11,13H2,1H3,(H2,21,22,24,25). The van der Waals surface area contributed by atoms with Crippen molar-refractivity contribution in [3.63, 3.8) is 0 Å². The van der Waals surface area contributed by atoms with E-state index in [0.29, 0.717) is 24.9 Å². The first-order valence-corrected chi connectivity index (χ1v) is 8.99. The fourth-order valence-corrected chi connectivity index (χ4v) is 2.85. The van der Waals surface area contributed by atoms with Crippen molar-refractivity contribution in [2.75, 3.05) is 31.1 Å². The first kappa shape index (κ1) is 17.8. The molecule has 0 atom stereocenters. The van der Waals surface area contributed by atoms with Crippen LogP contribution in [0.25, 0.3) is 0 Å². The molecule has 0 saturated carbocycles. The van der Waals surface area contributed by atoms with E-state index in [2.05, 4.69) is 31.9 Å². The fourth-order valence-electron chi connectivity index (χ4n) is 2.85. The number of fused-ring (bicyclic) bond motifs is 1. The van der Waals surface area contributed by atoms with Crippen LogP contribution in [0.2, 0.25) is 0 Å². The van der Waals surface area contributed by atoms with Gasteiger partial charge in [0.2, 0.25) is 12.7 Å². The summed E-state index contributed by atoms with van der Waals surface area (Å²) in [5, 5.41) is 14.5. The maximum atomic E-state index is 5.40. The van der Waals surface area contributed by atoms with Crippen molar-refractivity contribution in [3.8, 4) is 17.2 Å². The van der Waals surface area contributed by atoms with Gasteiger partial charge in [-0.05, 0) is 41.8 Å². The molecule has 28 heavy (non-hydrogen) atoms. The first-order valence-electron chi connectivity index (χ1n) is 8.99. The van der Waals surface area contributed by atoms with Crippen LogP contribution in [0.5, 0.6) is 17.2 Å². The van der Waals surface area contributed by atoms with E-state index >= 15 is 0 Å². The van der Waals surface area contributed by atoms with Crippen LogP contribution in [-0.2, 0) is 13.0 Å². The summed E-state index contributed by atoms with van der Waals surface area (Å²) < 4.78 is 16.0. The Labute approximate surface area is 162 Å². The molecule has 2 N–H and O–H groups in total. The van der Waals surface area contributed by atoms with Crippen molar-refractivity contribution in [2.45, 2.75) is 13.0 Å². The van der Waals surface area contributed by atoms with Gasteiger partial charge in [-0.1, -0.05) is 18.2 Å². The third-order valence-corrected chi connectivity index (χ3v) is 4.30. The maximum absolute atomic E-state index is 5.40. The Morgan fingerprint density at radius 2 is 1.96 bits per heavy atom. The molecule has 8 heteroatoms. The third kappa shape index (κ3) is 4.40. The summed E-state index contributed by atoms with van der Waals surface area (Å²) in [5.74, 6) is 3.52. The number of nitrogens with one attached hydrogen (secondary N) is 2. The van der Waals surface area contributed by atoms with Crippen LogP contribution in [0.3, 0.4) is 0 Å². The molecule has 1 aliphatic rings. The highest BCUT2D eigenvalue weighted by Gasteiger charge is 2.13. The second-order valence-electron chi connectivity index (χ2n) is 6.23. The van der Waals surface area contributed by atoms with E-state index in [1.165, 1.54) is 5.56 Å². The summed E-state index contributed by atoms with van der Waals surface area (Å²) in [5.41, 5.74) is 2.24. The van der Waals surface area contributed by atoms with E-state index in [4.69, 9.17) is 14.2 Å². The normalized spacial score (nSPS) is 11.9. The van der Waals surface area contributed by atoms with Gasteiger partial charge in [-0.25, -0.2) is 0 Å². The molecule has 144 valence electrons. The summed E-state index contributed by atoms with van der Waals surface area (Å²) in [7, 11) is 1.67. The Balaban J connectivity index is 1.30. The summed E-state index contributed by atoms with van der Waals surface area (Å²) >= 11 is 0. The van der Waals surface area contributed by atoms with Crippen LogP contribution in [0.4, 0.5) is 11.8 Å². The molecule has 2 heterocycles. The average Bonchev–Trinajstić information content (AvgIpc) is 3.21. The second-order valence-corrected chi connectivity index (χ2v) is 6.23. The topological polar surface area (TPSA) is 90.4 Å². The van der Waals surface area contributed by atoms with Crippen LogP contribution < -0.4 is 24.8 Å². The minimum atomic E-state index is 0.271. The minimum absolute atomic E-state index is 0.271. The van der Waals surface area contributed by atoms with E-state index in [1.54, 1.807) is 13.3 Å². The molecule has 2 aromatic carbocycles. The van der Waals surface area contributed by atoms with Crippen LogP contribution in [0.15, 0.2) is 48.7 Å². The van der Waals surface area contributed by atoms with Crippen molar-refractivity contribution in [1.29, 1.82) is 0 Å². The number of hydrogen-bond donors (Lipinski definition) is 2. The number of aromatic nitrogens is 3. The molecule has 0 spiro atoms. The predicted molar refractivity (Wildman–Crippen MR) is 105 cm³/mol. The van der Waals surface area contributed by atoms with E-state index in [-0.39, 0.29) is 6.79 Å². The van der Waals surface area contributed by atoms with Gasteiger partial charge in [-0.2, -0.15) is 10.1 Å². The number of rotatable bonds is 8. The molecule has 1 aromatic heterocycles. The van der Waals surface area contributed by atoms with Crippen molar-refractivity contribution in [3.05, 3.63) is 59.8 Å². The Kier molecular flexibility index (Phi) is 5.37. The molecule has 0 unspecified atom stereocenters. The highest BCUT2D eigenvalue weighted by molar-refractivity contribution is 5.46. The summed E-state index contributed by atoms with van der Waals surface area (Å²) in [6, 6.07) is 13.8. The largest absolute Gasteiger partial charge is 0.497 e. The molecule has 3 aromatic rings. The van der Waals surface area contributed by atoms with Gasteiger partial charge in [0.05, 0.1) is 13.3 Å². The van der Waals surface area contributed by atoms with Gasteiger partial charge in [-0.15, -0.1) is 5.10 Å². The maximum Gasteiger partial charge on any atom is 0.244 e. The van der Waals surface area contributed by atoms with Crippen molar-refractivity contribution in [1.82, 2.24) is 15.2 Å². The highest BCUT2D eigenvalue weighted by atomic mass is 16.7. The van der Waals surface area contributed by atoms with Crippen LogP contribution in [0.1, 0.15) is 11.1 Å². The average molecular weight is 379 g/mol. The molecular formula is C20H21N5O3. The quantitative estimate of drug-likeness (QED) is 0.617. The number of nitrogens with zero attached hydrogens (tertiary/aromatic N) is 3. The van der Waals surface area contributed by atoms with Crippen LogP contribution in [0, 0.1) is 0 Å². The Hall–Kier alpha value is -3.55. The lowest BCUT2D eigenvalue weighted by Gasteiger charge is -2.09. The van der Waals surface area contributed by atoms with E-state index < -0.39 is 0 Å². The van der Waals surface area contributed by atoms with Crippen molar-refractivity contribution in [2.24, 2.45) is 0 Å². The van der Waals surface area contributed by atoms with Gasteiger partial charge in [0.1, 0.15) is 5.75 Å². The number of methoxy groups -OCH3 is 1. The molecule has 0 amide bonds. The zero-order valence-electron chi connectivity index (χ0n) is 15.5. The van der Waals surface area contributed by atoms with Crippen LogP contribution in [-0.4, -0.2) is 35.6 Å². The van der Waals surface area contributed by atoms with E-state index in [0.717, 1.165) is 29.2 Å². The van der Waals surface area contributed by atoms with Crippen molar-refractivity contribution < 1.29 is 14.2 Å². The molecule has 1 aliphatic heterocycles. The van der Waals surface area contributed by atoms with Gasteiger partial charge < -0.3 is 24.8 Å². The van der Waals surface area contributed by atoms with E-state index in [9.17, 15) is 0 Å². The SMILES string of the molecule is COc1cccc(CCNc2nncc(NCc3ccc4c(c3)OCO4)n2)c1.